The van der Waals surface area contributed by atoms with E-state index >= 15 is 0 Å². The highest BCUT2D eigenvalue weighted by Gasteiger charge is 2.35. The maximum Gasteiger partial charge on any atom is 0.435 e. The third-order valence-corrected chi connectivity index (χ3v) is 6.23. The first-order valence-electron chi connectivity index (χ1n) is 8.66. The smallest absolute Gasteiger partial charge is 0.435 e. The molecule has 3 N–H and O–H groups in total. The van der Waals surface area contributed by atoms with E-state index in [4.69, 9.17) is 9.88 Å². The summed E-state index contributed by atoms with van der Waals surface area (Å²) in [6.45, 7) is -0.682. The van der Waals surface area contributed by atoms with Crippen molar-refractivity contribution < 1.29 is 31.4 Å². The standard InChI is InChI=1S/C19H18F3N3O4S2/c1-29-15-8-11(3-5-16(15)30-2)14-9-18(19(20,21)22)24-25(14)13-4-6-17(31(23,27)28)12(7-13)10-26/h3-9,26H,10H2,1-2H3,(H2,23,27,28). The first-order chi connectivity index (χ1) is 14.5. The summed E-state index contributed by atoms with van der Waals surface area (Å²) in [7, 11) is -2.67. The second-order valence-electron chi connectivity index (χ2n) is 6.39. The second-order valence-corrected chi connectivity index (χ2v) is 8.77. The summed E-state index contributed by atoms with van der Waals surface area (Å²) < 4.78 is 70.0. The minimum absolute atomic E-state index is 0.0645. The van der Waals surface area contributed by atoms with Crippen LogP contribution in [-0.4, -0.2) is 36.7 Å². The van der Waals surface area contributed by atoms with Crippen LogP contribution in [0, 0.1) is 0 Å². The predicted molar refractivity (Wildman–Crippen MR) is 110 cm³/mol. The molecule has 0 unspecified atom stereocenters. The molecule has 1 heterocycles. The minimum atomic E-state index is -4.70. The highest BCUT2D eigenvalue weighted by molar-refractivity contribution is 7.98. The van der Waals surface area contributed by atoms with Crippen molar-refractivity contribution in [2.75, 3.05) is 13.4 Å². The number of hydrogen-bond donors (Lipinski definition) is 2. The Morgan fingerprint density at radius 1 is 1.19 bits per heavy atom. The minimum Gasteiger partial charge on any atom is -0.496 e. The van der Waals surface area contributed by atoms with E-state index in [1.165, 1.54) is 31.0 Å². The van der Waals surface area contributed by atoms with Crippen molar-refractivity contribution in [3.63, 3.8) is 0 Å². The molecule has 0 atom stereocenters. The van der Waals surface area contributed by atoms with Crippen LogP contribution in [0.3, 0.4) is 0 Å². The third-order valence-electron chi connectivity index (χ3n) is 4.44. The molecule has 3 rings (SSSR count). The molecule has 1 aromatic heterocycles. The van der Waals surface area contributed by atoms with Gasteiger partial charge >= 0.3 is 6.18 Å². The van der Waals surface area contributed by atoms with E-state index in [1.54, 1.807) is 18.2 Å². The van der Waals surface area contributed by atoms with E-state index in [9.17, 15) is 26.7 Å². The SMILES string of the molecule is COc1cc(-c2cc(C(F)(F)F)nn2-c2ccc(S(N)(=O)=O)c(CO)c2)ccc1SC. The van der Waals surface area contributed by atoms with Gasteiger partial charge in [0.05, 0.1) is 30.0 Å². The van der Waals surface area contributed by atoms with Gasteiger partial charge in [0, 0.05) is 10.5 Å². The molecular weight excluding hydrogens is 455 g/mol. The van der Waals surface area contributed by atoms with Crippen LogP contribution >= 0.6 is 11.8 Å². The molecule has 3 aromatic rings. The van der Waals surface area contributed by atoms with E-state index in [2.05, 4.69) is 5.10 Å². The van der Waals surface area contributed by atoms with Crippen LogP contribution in [0.5, 0.6) is 5.75 Å². The summed E-state index contributed by atoms with van der Waals surface area (Å²) in [4.78, 5) is 0.475. The number of halogens is 3. The number of aromatic nitrogens is 2. The Morgan fingerprint density at radius 3 is 2.45 bits per heavy atom. The first-order valence-corrected chi connectivity index (χ1v) is 11.4. The van der Waals surface area contributed by atoms with Gasteiger partial charge in [0.1, 0.15) is 5.75 Å². The maximum absolute atomic E-state index is 13.4. The molecule has 31 heavy (non-hydrogen) atoms. The Balaban J connectivity index is 2.25. The molecule has 0 amide bonds. The lowest BCUT2D eigenvalue weighted by Crippen LogP contribution is -2.15. The summed E-state index contributed by atoms with van der Waals surface area (Å²) >= 11 is 1.42. The number of thioether (sulfide) groups is 1. The van der Waals surface area contributed by atoms with E-state index < -0.39 is 28.5 Å². The number of ether oxygens (including phenoxy) is 1. The summed E-state index contributed by atoms with van der Waals surface area (Å²) in [5.41, 5.74) is -0.569. The average Bonchev–Trinajstić information content (AvgIpc) is 3.18. The fourth-order valence-corrected chi connectivity index (χ4v) is 4.31. The van der Waals surface area contributed by atoms with Crippen LogP contribution in [0.15, 0.2) is 52.3 Å². The van der Waals surface area contributed by atoms with Crippen LogP contribution < -0.4 is 9.88 Å². The van der Waals surface area contributed by atoms with Crippen molar-refractivity contribution in [3.8, 4) is 22.7 Å². The molecule has 7 nitrogen and oxygen atoms in total. The molecule has 2 aromatic carbocycles. The van der Waals surface area contributed by atoms with Gasteiger partial charge < -0.3 is 9.84 Å². The summed E-state index contributed by atoms with van der Waals surface area (Å²) in [5.74, 6) is 0.479. The normalized spacial score (nSPS) is 12.2. The van der Waals surface area contributed by atoms with Gasteiger partial charge in [-0.3, -0.25) is 0 Å². The molecule has 0 bridgehead atoms. The summed E-state index contributed by atoms with van der Waals surface area (Å²) in [6.07, 6.45) is -2.86. The Hall–Kier alpha value is -2.54. The number of methoxy groups -OCH3 is 1. The zero-order valence-corrected chi connectivity index (χ0v) is 18.0. The third kappa shape index (κ3) is 4.71. The van der Waals surface area contributed by atoms with Crippen LogP contribution in [0.25, 0.3) is 16.9 Å². The molecule has 0 saturated carbocycles. The summed E-state index contributed by atoms with van der Waals surface area (Å²) in [6, 6.07) is 9.44. The van der Waals surface area contributed by atoms with E-state index in [1.807, 2.05) is 6.26 Å². The lowest BCUT2D eigenvalue weighted by Gasteiger charge is -2.13. The molecular formula is C19H18F3N3O4S2. The van der Waals surface area contributed by atoms with Crippen molar-refractivity contribution >= 4 is 21.8 Å². The number of nitrogens with zero attached hydrogens (tertiary/aromatic N) is 2. The number of primary sulfonamides is 1. The van der Waals surface area contributed by atoms with Gasteiger partial charge in [0.2, 0.25) is 10.0 Å². The molecule has 0 spiro atoms. The lowest BCUT2D eigenvalue weighted by molar-refractivity contribution is -0.141. The maximum atomic E-state index is 13.4. The topological polar surface area (TPSA) is 107 Å². The molecule has 0 fully saturated rings. The van der Waals surface area contributed by atoms with Crippen LogP contribution in [0.4, 0.5) is 13.2 Å². The van der Waals surface area contributed by atoms with Gasteiger partial charge in [-0.15, -0.1) is 11.8 Å². The number of rotatable bonds is 6. The molecule has 166 valence electrons. The van der Waals surface area contributed by atoms with Crippen molar-refractivity contribution in [3.05, 3.63) is 53.7 Å². The Kier molecular flexibility index (Phi) is 6.37. The number of nitrogens with two attached hydrogens (primary N) is 1. The molecule has 0 radical (unpaired) electrons. The highest BCUT2D eigenvalue weighted by atomic mass is 32.2. The number of sulfonamides is 1. The van der Waals surface area contributed by atoms with Crippen molar-refractivity contribution in [2.45, 2.75) is 22.6 Å². The molecule has 12 heteroatoms. The fourth-order valence-electron chi connectivity index (χ4n) is 3.02. The molecule has 0 saturated heterocycles. The highest BCUT2D eigenvalue weighted by Crippen LogP contribution is 2.37. The van der Waals surface area contributed by atoms with Gasteiger partial charge in [0.15, 0.2) is 5.69 Å². The Bertz CT molecular complexity index is 1220. The Morgan fingerprint density at radius 2 is 1.90 bits per heavy atom. The van der Waals surface area contributed by atoms with Gasteiger partial charge in [0.25, 0.3) is 0 Å². The lowest BCUT2D eigenvalue weighted by atomic mass is 10.1. The zero-order chi connectivity index (χ0) is 23.0. The quantitative estimate of drug-likeness (QED) is 0.531. The van der Waals surface area contributed by atoms with Crippen molar-refractivity contribution in [1.29, 1.82) is 0 Å². The number of alkyl halides is 3. The molecule has 0 aliphatic rings. The molecule has 0 aliphatic carbocycles. The van der Waals surface area contributed by atoms with E-state index in [0.29, 0.717) is 11.3 Å². The van der Waals surface area contributed by atoms with Gasteiger partial charge in [-0.2, -0.15) is 18.3 Å². The second kappa shape index (κ2) is 8.54. The van der Waals surface area contributed by atoms with Gasteiger partial charge in [-0.05, 0) is 48.2 Å². The van der Waals surface area contributed by atoms with Crippen LogP contribution in [-0.2, 0) is 22.8 Å². The van der Waals surface area contributed by atoms with E-state index in [0.717, 1.165) is 21.7 Å². The number of hydrogen-bond acceptors (Lipinski definition) is 6. The number of benzene rings is 2. The van der Waals surface area contributed by atoms with Gasteiger partial charge in [-0.25, -0.2) is 18.2 Å². The number of aliphatic hydroxyl groups excluding tert-OH is 1. The van der Waals surface area contributed by atoms with Gasteiger partial charge in [-0.1, -0.05) is 6.07 Å². The average molecular weight is 473 g/mol. The van der Waals surface area contributed by atoms with Crippen LogP contribution in [0.2, 0.25) is 0 Å². The monoisotopic (exact) mass is 473 g/mol. The number of aliphatic hydroxyl groups is 1. The van der Waals surface area contributed by atoms with Crippen molar-refractivity contribution in [2.24, 2.45) is 5.14 Å². The van der Waals surface area contributed by atoms with Crippen molar-refractivity contribution in [1.82, 2.24) is 9.78 Å². The first kappa shape index (κ1) is 23.1. The largest absolute Gasteiger partial charge is 0.496 e. The molecule has 0 aliphatic heterocycles. The van der Waals surface area contributed by atoms with Crippen LogP contribution in [0.1, 0.15) is 11.3 Å². The zero-order valence-electron chi connectivity index (χ0n) is 16.3. The van der Waals surface area contributed by atoms with E-state index in [-0.39, 0.29) is 21.8 Å². The summed E-state index contributed by atoms with van der Waals surface area (Å²) in [5, 5.41) is 18.4. The Labute approximate surface area is 180 Å². The fraction of sp³-hybridized carbons (Fsp3) is 0.211. The predicted octanol–water partition coefficient (Wildman–Crippen LogP) is 3.43.